The van der Waals surface area contributed by atoms with Crippen LogP contribution in [0.2, 0.25) is 0 Å². The van der Waals surface area contributed by atoms with Crippen molar-refractivity contribution in [1.29, 1.82) is 0 Å². The molecule has 0 radical (unpaired) electrons. The fraction of sp³-hybridized carbons (Fsp3) is 0.385. The van der Waals surface area contributed by atoms with E-state index in [0.717, 1.165) is 23.1 Å². The Hall–Kier alpha value is -4.08. The first-order valence-electron chi connectivity index (χ1n) is 11.3. The first-order valence-corrected chi connectivity index (χ1v) is 11.3. The Labute approximate surface area is 210 Å². The monoisotopic (exact) mass is 500 g/mol. The number of amides is 2. The third-order valence-electron chi connectivity index (χ3n) is 4.61. The van der Waals surface area contributed by atoms with Crippen molar-refractivity contribution in [1.82, 2.24) is 10.2 Å². The molecule has 0 saturated carbocycles. The molecule has 10 heteroatoms. The van der Waals surface area contributed by atoms with Crippen molar-refractivity contribution in [2.75, 3.05) is 20.2 Å². The number of hydrogen-bond acceptors (Lipinski definition) is 8. The lowest BCUT2D eigenvalue weighted by atomic mass is 10.2. The second kappa shape index (κ2) is 13.7. The predicted octanol–water partition coefficient (Wildman–Crippen LogP) is 3.43. The summed E-state index contributed by atoms with van der Waals surface area (Å²) in [6, 6.07) is 16.7. The molecule has 0 aliphatic carbocycles. The standard InChI is InChI=1S/C26H32N2O8/c1-26(2,3)36-25(32)28(16-22(29)34-17-19-11-7-5-8-12-19)15-21(23(30)33-4)27-24(31)35-18-20-13-9-6-10-14-20/h5-14,21H,15-18H2,1-4H3,(H,27,31)/t21-/m1/s1. The van der Waals surface area contributed by atoms with Crippen molar-refractivity contribution in [2.24, 2.45) is 0 Å². The zero-order valence-electron chi connectivity index (χ0n) is 20.9. The Morgan fingerprint density at radius 2 is 1.39 bits per heavy atom. The summed E-state index contributed by atoms with van der Waals surface area (Å²) in [5.74, 6) is -1.56. The summed E-state index contributed by atoms with van der Waals surface area (Å²) in [4.78, 5) is 51.0. The summed E-state index contributed by atoms with van der Waals surface area (Å²) in [5.41, 5.74) is 0.648. The van der Waals surface area contributed by atoms with Crippen LogP contribution in [0.25, 0.3) is 0 Å². The number of carbonyl (C=O) groups is 4. The Balaban J connectivity index is 2.07. The van der Waals surface area contributed by atoms with Gasteiger partial charge in [0.15, 0.2) is 0 Å². The van der Waals surface area contributed by atoms with Gasteiger partial charge in [-0.25, -0.2) is 14.4 Å². The minimum atomic E-state index is -1.33. The van der Waals surface area contributed by atoms with E-state index in [1.807, 2.05) is 12.1 Å². The van der Waals surface area contributed by atoms with Gasteiger partial charge in [0.05, 0.1) is 13.7 Å². The molecule has 2 rings (SSSR count). The van der Waals surface area contributed by atoms with Crippen molar-refractivity contribution in [3.8, 4) is 0 Å². The van der Waals surface area contributed by atoms with Gasteiger partial charge in [-0.05, 0) is 31.9 Å². The number of nitrogens with one attached hydrogen (secondary N) is 1. The number of ether oxygens (including phenoxy) is 4. The molecule has 0 spiro atoms. The minimum Gasteiger partial charge on any atom is -0.467 e. The van der Waals surface area contributed by atoms with E-state index in [4.69, 9.17) is 18.9 Å². The smallest absolute Gasteiger partial charge is 0.410 e. The van der Waals surface area contributed by atoms with Gasteiger partial charge in [-0.15, -0.1) is 0 Å². The Bertz CT molecular complexity index is 1010. The summed E-state index contributed by atoms with van der Waals surface area (Å²) in [5, 5.41) is 2.38. The zero-order chi connectivity index (χ0) is 26.6. The highest BCUT2D eigenvalue weighted by atomic mass is 16.6. The zero-order valence-corrected chi connectivity index (χ0v) is 20.9. The largest absolute Gasteiger partial charge is 0.467 e. The van der Waals surface area contributed by atoms with Crippen LogP contribution in [0, 0.1) is 0 Å². The first kappa shape index (κ1) is 28.2. The highest BCUT2D eigenvalue weighted by molar-refractivity contribution is 5.83. The fourth-order valence-electron chi connectivity index (χ4n) is 2.92. The molecule has 2 aromatic rings. The Kier molecular flexibility index (Phi) is 10.7. The molecular formula is C26H32N2O8. The number of methoxy groups -OCH3 is 1. The van der Waals surface area contributed by atoms with Crippen molar-refractivity contribution in [2.45, 2.75) is 45.6 Å². The number of esters is 2. The van der Waals surface area contributed by atoms with Crippen LogP contribution in [0.5, 0.6) is 0 Å². The van der Waals surface area contributed by atoms with E-state index in [0.29, 0.717) is 0 Å². The van der Waals surface area contributed by atoms with Crippen LogP contribution < -0.4 is 5.32 Å². The molecule has 0 bridgehead atoms. The third-order valence-corrected chi connectivity index (χ3v) is 4.61. The number of hydrogen-bond donors (Lipinski definition) is 1. The van der Waals surface area contributed by atoms with E-state index >= 15 is 0 Å². The molecule has 2 amide bonds. The molecule has 194 valence electrons. The molecule has 2 aromatic carbocycles. The lowest BCUT2D eigenvalue weighted by molar-refractivity contribution is -0.148. The van der Waals surface area contributed by atoms with E-state index in [1.54, 1.807) is 69.3 Å². The molecule has 36 heavy (non-hydrogen) atoms. The van der Waals surface area contributed by atoms with Gasteiger partial charge in [0.25, 0.3) is 0 Å². The first-order chi connectivity index (χ1) is 17.1. The SMILES string of the molecule is COC(=O)[C@@H](CN(CC(=O)OCc1ccccc1)C(=O)OC(C)(C)C)NC(=O)OCc1ccccc1. The molecular weight excluding hydrogens is 468 g/mol. The summed E-state index contributed by atoms with van der Waals surface area (Å²) in [6.45, 7) is 4.03. The van der Waals surface area contributed by atoms with E-state index in [9.17, 15) is 19.2 Å². The summed E-state index contributed by atoms with van der Waals surface area (Å²) >= 11 is 0. The predicted molar refractivity (Wildman–Crippen MR) is 130 cm³/mol. The van der Waals surface area contributed by atoms with Crippen molar-refractivity contribution < 1.29 is 38.1 Å². The van der Waals surface area contributed by atoms with Gasteiger partial charge in [0.2, 0.25) is 0 Å². The Morgan fingerprint density at radius 3 is 1.89 bits per heavy atom. The second-order valence-corrected chi connectivity index (χ2v) is 8.79. The maximum absolute atomic E-state index is 12.8. The van der Waals surface area contributed by atoms with Crippen molar-refractivity contribution in [3.05, 3.63) is 71.8 Å². The van der Waals surface area contributed by atoms with Crippen LogP contribution in [0.3, 0.4) is 0 Å². The molecule has 0 aliphatic heterocycles. The maximum atomic E-state index is 12.8. The number of nitrogens with zero attached hydrogens (tertiary/aromatic N) is 1. The van der Waals surface area contributed by atoms with Gasteiger partial charge in [0.1, 0.15) is 31.4 Å². The summed E-state index contributed by atoms with van der Waals surface area (Å²) < 4.78 is 20.6. The van der Waals surface area contributed by atoms with Crippen LogP contribution in [0.15, 0.2) is 60.7 Å². The normalized spacial score (nSPS) is 11.6. The molecule has 0 fully saturated rings. The molecule has 1 N–H and O–H groups in total. The van der Waals surface area contributed by atoms with Gasteiger partial charge >= 0.3 is 24.1 Å². The molecule has 0 aromatic heterocycles. The van der Waals surface area contributed by atoms with E-state index in [-0.39, 0.29) is 13.2 Å². The van der Waals surface area contributed by atoms with Crippen LogP contribution in [0.4, 0.5) is 9.59 Å². The number of carbonyl (C=O) groups excluding carboxylic acids is 4. The highest BCUT2D eigenvalue weighted by Crippen LogP contribution is 2.12. The van der Waals surface area contributed by atoms with Crippen LogP contribution in [-0.2, 0) is 41.8 Å². The second-order valence-electron chi connectivity index (χ2n) is 8.79. The van der Waals surface area contributed by atoms with Gasteiger partial charge in [-0.2, -0.15) is 0 Å². The lowest BCUT2D eigenvalue weighted by Gasteiger charge is -2.29. The number of alkyl carbamates (subject to hydrolysis) is 1. The van der Waals surface area contributed by atoms with Crippen LogP contribution in [-0.4, -0.2) is 60.9 Å². The third kappa shape index (κ3) is 10.5. The molecule has 1 atom stereocenters. The van der Waals surface area contributed by atoms with E-state index < -0.39 is 48.9 Å². The van der Waals surface area contributed by atoms with Crippen LogP contribution in [0.1, 0.15) is 31.9 Å². The summed E-state index contributed by atoms with van der Waals surface area (Å²) in [7, 11) is 1.14. The average Bonchev–Trinajstić information content (AvgIpc) is 2.85. The van der Waals surface area contributed by atoms with E-state index in [1.165, 1.54) is 0 Å². The van der Waals surface area contributed by atoms with Crippen LogP contribution >= 0.6 is 0 Å². The molecule has 0 unspecified atom stereocenters. The van der Waals surface area contributed by atoms with Gasteiger partial charge in [0, 0.05) is 0 Å². The molecule has 0 saturated heterocycles. The Morgan fingerprint density at radius 1 is 0.861 bits per heavy atom. The summed E-state index contributed by atoms with van der Waals surface area (Å²) in [6.07, 6.45) is -1.77. The molecule has 10 nitrogen and oxygen atoms in total. The fourth-order valence-corrected chi connectivity index (χ4v) is 2.92. The van der Waals surface area contributed by atoms with E-state index in [2.05, 4.69) is 5.32 Å². The van der Waals surface area contributed by atoms with Crippen molar-refractivity contribution in [3.63, 3.8) is 0 Å². The number of rotatable bonds is 10. The number of benzene rings is 2. The van der Waals surface area contributed by atoms with Crippen molar-refractivity contribution >= 4 is 24.1 Å². The van der Waals surface area contributed by atoms with Gasteiger partial charge in [-0.3, -0.25) is 9.69 Å². The quantitative estimate of drug-likeness (QED) is 0.389. The van der Waals surface area contributed by atoms with Gasteiger partial charge < -0.3 is 24.3 Å². The highest BCUT2D eigenvalue weighted by Gasteiger charge is 2.31. The topological polar surface area (TPSA) is 120 Å². The van der Waals surface area contributed by atoms with Gasteiger partial charge in [-0.1, -0.05) is 60.7 Å². The molecule has 0 heterocycles. The maximum Gasteiger partial charge on any atom is 0.410 e. The molecule has 0 aliphatic rings. The average molecular weight is 501 g/mol. The minimum absolute atomic E-state index is 0.00627. The lowest BCUT2D eigenvalue weighted by Crippen LogP contribution is -2.52.